The summed E-state index contributed by atoms with van der Waals surface area (Å²) in [5.41, 5.74) is 2.97. The molecule has 2 aromatic carbocycles. The zero-order valence-electron chi connectivity index (χ0n) is 22.9. The van der Waals surface area contributed by atoms with Crippen LogP contribution in [0.5, 0.6) is 0 Å². The van der Waals surface area contributed by atoms with Crippen LogP contribution in [0.1, 0.15) is 89.1 Å². The van der Waals surface area contributed by atoms with E-state index in [1.165, 1.54) is 0 Å². The summed E-state index contributed by atoms with van der Waals surface area (Å²) >= 11 is 0. The van der Waals surface area contributed by atoms with E-state index in [-0.39, 0.29) is 5.92 Å². The van der Waals surface area contributed by atoms with E-state index >= 15 is 0 Å². The normalized spacial score (nSPS) is 11.9. The standard InChI is InChI=1S/C16H20N2.C15H18N2/c1-11-7-8-13(15(3,4)9-17)14(12(11)2)16(5,6)10-18;1-14(2,10-16)13(15(3,4)11-17)12-8-6-5-7-9-12/h7-8H,1-6H3;5-9,13H,1-4H3. The molecule has 0 aliphatic heterocycles. The molecule has 0 fully saturated rings. The van der Waals surface area contributed by atoms with Crippen LogP contribution in [0.3, 0.4) is 0 Å². The number of aryl methyl sites for hydroxylation is 1. The van der Waals surface area contributed by atoms with Crippen molar-refractivity contribution in [3.63, 3.8) is 0 Å². The van der Waals surface area contributed by atoms with E-state index in [2.05, 4.69) is 24.3 Å². The number of rotatable bonds is 5. The maximum Gasteiger partial charge on any atom is 0.0772 e. The van der Waals surface area contributed by atoms with Crippen LogP contribution in [0.25, 0.3) is 0 Å². The first-order valence-corrected chi connectivity index (χ1v) is 11.8. The fourth-order valence-corrected chi connectivity index (χ4v) is 4.77. The first-order chi connectivity index (χ1) is 16.0. The summed E-state index contributed by atoms with van der Waals surface area (Å²) in [4.78, 5) is 0. The van der Waals surface area contributed by atoms with Gasteiger partial charge in [0, 0.05) is 5.92 Å². The van der Waals surface area contributed by atoms with E-state index in [9.17, 15) is 21.0 Å². The Morgan fingerprint density at radius 3 is 1.46 bits per heavy atom. The van der Waals surface area contributed by atoms with Crippen LogP contribution >= 0.6 is 0 Å². The molecule has 0 radical (unpaired) electrons. The Kier molecular flexibility index (Phi) is 9.05. The summed E-state index contributed by atoms with van der Waals surface area (Å²) in [5.74, 6) is -0.105. The summed E-state index contributed by atoms with van der Waals surface area (Å²) in [7, 11) is 0. The van der Waals surface area contributed by atoms with Gasteiger partial charge in [0.2, 0.25) is 0 Å². The van der Waals surface area contributed by atoms with Gasteiger partial charge in [-0.1, -0.05) is 42.5 Å². The highest BCUT2D eigenvalue weighted by Gasteiger charge is 2.42. The third kappa shape index (κ3) is 6.50. The molecule has 2 rings (SSSR count). The van der Waals surface area contributed by atoms with E-state index in [0.29, 0.717) is 0 Å². The highest BCUT2D eigenvalue weighted by atomic mass is 14.5. The van der Waals surface area contributed by atoms with Crippen molar-refractivity contribution in [2.75, 3.05) is 0 Å². The quantitative estimate of drug-likeness (QED) is 0.449. The fraction of sp³-hybridized carbons (Fsp3) is 0.484. The molecular weight excluding hydrogens is 428 g/mol. The number of hydrogen-bond acceptors (Lipinski definition) is 4. The van der Waals surface area contributed by atoms with E-state index in [1.54, 1.807) is 0 Å². The summed E-state index contributed by atoms with van der Waals surface area (Å²) in [5, 5.41) is 37.4. The van der Waals surface area contributed by atoms with Crippen molar-refractivity contribution in [3.05, 3.63) is 70.3 Å². The number of hydrogen-bond donors (Lipinski definition) is 0. The van der Waals surface area contributed by atoms with Gasteiger partial charge in [-0.15, -0.1) is 0 Å². The van der Waals surface area contributed by atoms with Gasteiger partial charge in [0.15, 0.2) is 0 Å². The van der Waals surface area contributed by atoms with Gasteiger partial charge in [-0.05, 0) is 97.1 Å². The van der Waals surface area contributed by atoms with Gasteiger partial charge >= 0.3 is 0 Å². The van der Waals surface area contributed by atoms with Crippen molar-refractivity contribution in [2.45, 2.75) is 86.0 Å². The van der Waals surface area contributed by atoms with Gasteiger partial charge in [-0.3, -0.25) is 0 Å². The number of nitriles is 4. The van der Waals surface area contributed by atoms with E-state index in [4.69, 9.17) is 0 Å². The molecule has 0 N–H and O–H groups in total. The Hall–Kier alpha value is -3.60. The second-order valence-corrected chi connectivity index (χ2v) is 11.4. The first-order valence-electron chi connectivity index (χ1n) is 11.8. The molecule has 0 saturated carbocycles. The summed E-state index contributed by atoms with van der Waals surface area (Å²) < 4.78 is 0. The van der Waals surface area contributed by atoms with Gasteiger partial charge in [-0.25, -0.2) is 0 Å². The molecule has 182 valence electrons. The molecule has 0 heterocycles. The molecule has 35 heavy (non-hydrogen) atoms. The van der Waals surface area contributed by atoms with Crippen molar-refractivity contribution >= 4 is 0 Å². The van der Waals surface area contributed by atoms with Crippen LogP contribution in [0.4, 0.5) is 0 Å². The highest BCUT2D eigenvalue weighted by molar-refractivity contribution is 5.51. The molecule has 0 amide bonds. The molecule has 4 heteroatoms. The maximum atomic E-state index is 9.39. The summed E-state index contributed by atoms with van der Waals surface area (Å²) in [6.45, 7) is 19.2. The SMILES string of the molecule is CC(C)(C#N)C(c1ccccc1)C(C)(C)C#N.Cc1ccc(C(C)(C)C#N)c(C(C)(C)C#N)c1C. The molecule has 0 bridgehead atoms. The molecule has 2 aromatic rings. The van der Waals surface area contributed by atoms with Crippen molar-refractivity contribution in [1.29, 1.82) is 21.0 Å². The van der Waals surface area contributed by atoms with Crippen molar-refractivity contribution in [1.82, 2.24) is 0 Å². The minimum absolute atomic E-state index is 0.105. The third-order valence-corrected chi connectivity index (χ3v) is 6.75. The number of benzene rings is 2. The Morgan fingerprint density at radius 1 is 0.600 bits per heavy atom. The fourth-order valence-electron chi connectivity index (χ4n) is 4.77. The smallest absolute Gasteiger partial charge is 0.0772 e. The lowest BCUT2D eigenvalue weighted by Gasteiger charge is -2.37. The average Bonchev–Trinajstić information content (AvgIpc) is 2.81. The van der Waals surface area contributed by atoms with E-state index in [1.807, 2.05) is 112 Å². The number of nitrogens with zero attached hydrogens (tertiary/aromatic N) is 4. The molecule has 0 atom stereocenters. The van der Waals surface area contributed by atoms with Gasteiger partial charge in [0.25, 0.3) is 0 Å². The molecule has 0 spiro atoms. The van der Waals surface area contributed by atoms with Gasteiger partial charge < -0.3 is 0 Å². The first kappa shape index (κ1) is 29.4. The van der Waals surface area contributed by atoms with Crippen LogP contribution in [0.15, 0.2) is 42.5 Å². The van der Waals surface area contributed by atoms with E-state index in [0.717, 1.165) is 27.8 Å². The van der Waals surface area contributed by atoms with Crippen LogP contribution in [0, 0.1) is 70.0 Å². The maximum absolute atomic E-state index is 9.39. The monoisotopic (exact) mass is 466 g/mol. The molecule has 4 nitrogen and oxygen atoms in total. The predicted molar refractivity (Wildman–Crippen MR) is 141 cm³/mol. The Bertz CT molecular complexity index is 1180. The predicted octanol–water partition coefficient (Wildman–Crippen LogP) is 7.78. The summed E-state index contributed by atoms with van der Waals surface area (Å²) in [6.07, 6.45) is 0. The molecule has 0 unspecified atom stereocenters. The molecule has 0 aromatic heterocycles. The molecule has 0 aliphatic carbocycles. The second-order valence-electron chi connectivity index (χ2n) is 11.4. The third-order valence-electron chi connectivity index (χ3n) is 6.75. The molecule has 0 saturated heterocycles. The molecular formula is C31H38N4. The lowest BCUT2D eigenvalue weighted by Crippen LogP contribution is -2.32. The van der Waals surface area contributed by atoms with Gasteiger partial charge in [0.1, 0.15) is 0 Å². The zero-order chi connectivity index (χ0) is 27.2. The van der Waals surface area contributed by atoms with Crippen molar-refractivity contribution in [3.8, 4) is 24.3 Å². The van der Waals surface area contributed by atoms with Crippen LogP contribution in [-0.2, 0) is 10.8 Å². The minimum atomic E-state index is -0.584. The minimum Gasteiger partial charge on any atom is -0.198 e. The zero-order valence-corrected chi connectivity index (χ0v) is 22.9. The van der Waals surface area contributed by atoms with Crippen molar-refractivity contribution in [2.24, 2.45) is 10.8 Å². The lowest BCUT2D eigenvalue weighted by molar-refractivity contribution is 0.246. The Labute approximate surface area is 212 Å². The van der Waals surface area contributed by atoms with Crippen molar-refractivity contribution < 1.29 is 0 Å². The second kappa shape index (κ2) is 10.8. The summed E-state index contributed by atoms with van der Waals surface area (Å²) in [6, 6.07) is 23.2. The van der Waals surface area contributed by atoms with Crippen LogP contribution < -0.4 is 0 Å². The lowest BCUT2D eigenvalue weighted by atomic mass is 9.63. The van der Waals surface area contributed by atoms with Crippen LogP contribution in [-0.4, -0.2) is 0 Å². The van der Waals surface area contributed by atoms with Gasteiger partial charge in [0.05, 0.1) is 45.9 Å². The highest BCUT2D eigenvalue weighted by Crippen LogP contribution is 2.47. The largest absolute Gasteiger partial charge is 0.198 e. The topological polar surface area (TPSA) is 95.2 Å². The van der Waals surface area contributed by atoms with Gasteiger partial charge in [-0.2, -0.15) is 21.0 Å². The van der Waals surface area contributed by atoms with E-state index < -0.39 is 21.7 Å². The Morgan fingerprint density at radius 2 is 1.06 bits per heavy atom. The van der Waals surface area contributed by atoms with Crippen LogP contribution in [0.2, 0.25) is 0 Å². The molecule has 0 aliphatic rings. The Balaban J connectivity index is 0.000000351. The average molecular weight is 467 g/mol.